The van der Waals surface area contributed by atoms with Gasteiger partial charge < -0.3 is 10.1 Å². The van der Waals surface area contributed by atoms with Crippen LogP contribution in [0.25, 0.3) is 0 Å². The molecule has 0 aliphatic heterocycles. The molecule has 1 aliphatic rings. The van der Waals surface area contributed by atoms with E-state index in [1.165, 1.54) is 30.8 Å². The Morgan fingerprint density at radius 2 is 2.15 bits per heavy atom. The Morgan fingerprint density at radius 3 is 2.85 bits per heavy atom. The molecule has 0 saturated heterocycles. The summed E-state index contributed by atoms with van der Waals surface area (Å²) in [6.45, 7) is 8.05. The van der Waals surface area contributed by atoms with Gasteiger partial charge in [-0.1, -0.05) is 19.8 Å². The predicted octanol–water partition coefficient (Wildman–Crippen LogP) is 3.79. The first kappa shape index (κ1) is 20.6. The molecule has 0 radical (unpaired) electrons. The highest BCUT2D eigenvalue weighted by molar-refractivity contribution is 7.80. The number of hydrazone groups is 1. The third-order valence-corrected chi connectivity index (χ3v) is 5.53. The van der Waals surface area contributed by atoms with Gasteiger partial charge in [-0.2, -0.15) is 9.47 Å². The van der Waals surface area contributed by atoms with E-state index in [4.69, 9.17) is 17.0 Å². The van der Waals surface area contributed by atoms with Crippen molar-refractivity contribution < 1.29 is 9.53 Å². The van der Waals surface area contributed by atoms with E-state index in [2.05, 4.69) is 32.5 Å². The van der Waals surface area contributed by atoms with E-state index in [1.54, 1.807) is 6.92 Å². The molecule has 1 aromatic rings. The lowest BCUT2D eigenvalue weighted by atomic mass is 9.86. The molecule has 7 nitrogen and oxygen atoms in total. The van der Waals surface area contributed by atoms with Crippen LogP contribution in [0.2, 0.25) is 0 Å². The molecule has 0 unspecified atom stereocenters. The van der Waals surface area contributed by atoms with Gasteiger partial charge in [-0.25, -0.2) is 4.79 Å². The molecule has 1 fully saturated rings. The number of aryl methyl sites for hydroxylation is 1. The zero-order valence-corrected chi connectivity index (χ0v) is 17.4. The van der Waals surface area contributed by atoms with Gasteiger partial charge in [-0.15, -0.1) is 0 Å². The number of rotatable bonds is 5. The molecule has 1 saturated carbocycles. The number of carbonyl (C=O) groups excluding carboxylic acids is 1. The summed E-state index contributed by atoms with van der Waals surface area (Å²) in [5.74, 6) is 0.609. The van der Waals surface area contributed by atoms with E-state index >= 15 is 0 Å². The number of ether oxygens (including phenoxy) is 1. The summed E-state index contributed by atoms with van der Waals surface area (Å²) < 4.78 is 9.22. The number of anilines is 1. The van der Waals surface area contributed by atoms with Gasteiger partial charge in [0, 0.05) is 6.04 Å². The average molecular weight is 398 g/mol. The minimum Gasteiger partial charge on any atom is -0.450 e. The average Bonchev–Trinajstić information content (AvgIpc) is 2.95. The maximum Gasteiger partial charge on any atom is 0.412 e. The van der Waals surface area contributed by atoms with Crippen LogP contribution in [0, 0.1) is 12.8 Å². The van der Waals surface area contributed by atoms with Crippen molar-refractivity contribution in [2.75, 3.05) is 11.9 Å². The maximum absolute atomic E-state index is 11.7. The van der Waals surface area contributed by atoms with Crippen LogP contribution in [0.5, 0.6) is 0 Å². The predicted molar refractivity (Wildman–Crippen MR) is 110 cm³/mol. The monoisotopic (exact) mass is 397 g/mol. The SMILES string of the molecule is CCOC(=O)Nc1snc(C)c1/C(C)=N/NC(=S)N[C@@H]1CCCC[C@H]1C. The Bertz CT molecular complexity index is 674. The summed E-state index contributed by atoms with van der Waals surface area (Å²) in [7, 11) is 0. The zero-order chi connectivity index (χ0) is 19.1. The highest BCUT2D eigenvalue weighted by Gasteiger charge is 2.22. The molecule has 1 aliphatic carbocycles. The summed E-state index contributed by atoms with van der Waals surface area (Å²) in [4.78, 5) is 11.7. The molecule has 1 amide bonds. The summed E-state index contributed by atoms with van der Waals surface area (Å²) in [5, 5.41) is 11.6. The van der Waals surface area contributed by atoms with Crippen molar-refractivity contribution in [1.29, 1.82) is 0 Å². The Morgan fingerprint density at radius 1 is 1.42 bits per heavy atom. The van der Waals surface area contributed by atoms with Crippen LogP contribution in [-0.4, -0.2) is 33.9 Å². The molecule has 26 heavy (non-hydrogen) atoms. The van der Waals surface area contributed by atoms with Crippen molar-refractivity contribution in [1.82, 2.24) is 15.1 Å². The summed E-state index contributed by atoms with van der Waals surface area (Å²) in [5.41, 5.74) is 5.19. The van der Waals surface area contributed by atoms with Crippen LogP contribution in [0.4, 0.5) is 9.80 Å². The minimum atomic E-state index is -0.498. The molecule has 1 heterocycles. The van der Waals surface area contributed by atoms with E-state index in [0.29, 0.717) is 34.4 Å². The molecular formula is C17H27N5O2S2. The van der Waals surface area contributed by atoms with Crippen LogP contribution in [0.3, 0.4) is 0 Å². The molecular weight excluding hydrogens is 370 g/mol. The van der Waals surface area contributed by atoms with E-state index < -0.39 is 6.09 Å². The number of amides is 1. The molecule has 1 aromatic heterocycles. The number of aromatic nitrogens is 1. The van der Waals surface area contributed by atoms with Gasteiger partial charge in [-0.3, -0.25) is 10.7 Å². The largest absolute Gasteiger partial charge is 0.450 e. The molecule has 144 valence electrons. The van der Waals surface area contributed by atoms with E-state index in [-0.39, 0.29) is 0 Å². The maximum atomic E-state index is 11.7. The van der Waals surface area contributed by atoms with Gasteiger partial charge in [0.1, 0.15) is 5.00 Å². The third-order valence-electron chi connectivity index (χ3n) is 4.47. The lowest BCUT2D eigenvalue weighted by Crippen LogP contribution is -2.44. The van der Waals surface area contributed by atoms with Crippen molar-refractivity contribution in [3.05, 3.63) is 11.3 Å². The van der Waals surface area contributed by atoms with E-state index in [0.717, 1.165) is 17.7 Å². The first-order valence-corrected chi connectivity index (χ1v) is 10.1. The van der Waals surface area contributed by atoms with Gasteiger partial charge in [0.25, 0.3) is 0 Å². The highest BCUT2D eigenvalue weighted by Crippen LogP contribution is 2.26. The van der Waals surface area contributed by atoms with Crippen LogP contribution < -0.4 is 16.1 Å². The Balaban J connectivity index is 1.99. The number of hydrogen-bond donors (Lipinski definition) is 3. The van der Waals surface area contributed by atoms with Gasteiger partial charge in [0.05, 0.1) is 23.6 Å². The molecule has 0 bridgehead atoms. The Labute approximate surface area is 164 Å². The lowest BCUT2D eigenvalue weighted by molar-refractivity contribution is 0.168. The van der Waals surface area contributed by atoms with Crippen molar-refractivity contribution >= 4 is 45.7 Å². The summed E-state index contributed by atoms with van der Waals surface area (Å²) in [6.07, 6.45) is 4.38. The zero-order valence-electron chi connectivity index (χ0n) is 15.7. The normalized spacial score (nSPS) is 20.4. The summed E-state index contributed by atoms with van der Waals surface area (Å²) >= 11 is 6.58. The smallest absolute Gasteiger partial charge is 0.412 e. The van der Waals surface area contributed by atoms with Crippen LogP contribution in [-0.2, 0) is 4.74 Å². The van der Waals surface area contributed by atoms with Gasteiger partial charge in [0.15, 0.2) is 5.11 Å². The van der Waals surface area contributed by atoms with E-state index in [9.17, 15) is 4.79 Å². The van der Waals surface area contributed by atoms with Gasteiger partial charge in [-0.05, 0) is 63.3 Å². The van der Waals surface area contributed by atoms with Crippen molar-refractivity contribution in [2.24, 2.45) is 11.0 Å². The Hall–Kier alpha value is -1.74. The van der Waals surface area contributed by atoms with Crippen LogP contribution >= 0.6 is 23.8 Å². The Kier molecular flexibility index (Phi) is 7.77. The first-order chi connectivity index (χ1) is 12.4. The number of carbonyl (C=O) groups is 1. The fourth-order valence-electron chi connectivity index (χ4n) is 3.06. The summed E-state index contributed by atoms with van der Waals surface area (Å²) in [6, 6.07) is 0.393. The molecule has 0 spiro atoms. The van der Waals surface area contributed by atoms with Gasteiger partial charge in [0.2, 0.25) is 0 Å². The first-order valence-electron chi connectivity index (χ1n) is 8.93. The van der Waals surface area contributed by atoms with E-state index in [1.807, 2.05) is 13.8 Å². The van der Waals surface area contributed by atoms with Crippen molar-refractivity contribution in [3.8, 4) is 0 Å². The number of nitrogens with one attached hydrogen (secondary N) is 3. The second kappa shape index (κ2) is 9.82. The fourth-order valence-corrected chi connectivity index (χ4v) is 4.10. The van der Waals surface area contributed by atoms with Crippen molar-refractivity contribution in [3.63, 3.8) is 0 Å². The minimum absolute atomic E-state index is 0.313. The second-order valence-electron chi connectivity index (χ2n) is 6.47. The van der Waals surface area contributed by atoms with Crippen LogP contribution in [0.1, 0.15) is 57.7 Å². The van der Waals surface area contributed by atoms with Crippen molar-refractivity contribution in [2.45, 2.75) is 59.4 Å². The topological polar surface area (TPSA) is 87.6 Å². The third kappa shape index (κ3) is 5.63. The molecule has 3 N–H and O–H groups in total. The number of thiocarbonyl (C=S) groups is 1. The second-order valence-corrected chi connectivity index (χ2v) is 7.65. The molecule has 0 aromatic carbocycles. The highest BCUT2D eigenvalue weighted by atomic mass is 32.1. The standard InChI is InChI=1S/C17H27N5O2S2/c1-5-24-17(23)19-15-14(12(4)22-26-15)11(3)20-21-16(25)18-13-9-7-6-8-10(13)2/h10,13H,5-9H2,1-4H3,(H,19,23)(H2,18,21,25)/b20-11+/t10-,13-/m1/s1. The molecule has 2 atom stereocenters. The van der Waals surface area contributed by atoms with Crippen LogP contribution in [0.15, 0.2) is 5.10 Å². The fraction of sp³-hybridized carbons (Fsp3) is 0.647. The molecule has 9 heteroatoms. The number of hydrogen-bond acceptors (Lipinski definition) is 6. The molecule has 2 rings (SSSR count). The van der Waals surface area contributed by atoms with Gasteiger partial charge >= 0.3 is 6.09 Å². The quantitative estimate of drug-likeness (QED) is 0.398. The number of nitrogens with zero attached hydrogens (tertiary/aromatic N) is 2. The lowest BCUT2D eigenvalue weighted by Gasteiger charge is -2.30.